The second-order valence-electron chi connectivity index (χ2n) is 3.15. The predicted octanol–water partition coefficient (Wildman–Crippen LogP) is 1.73. The fraction of sp³-hybridized carbons (Fsp3) is 0.500. The third-order valence-electron chi connectivity index (χ3n) is 1.94. The fourth-order valence-corrected chi connectivity index (χ4v) is 1.59. The van der Waals surface area contributed by atoms with Crippen LogP contribution < -0.4 is 5.32 Å². The molecule has 1 unspecified atom stereocenters. The molecule has 0 aliphatic heterocycles. The van der Waals surface area contributed by atoms with Crippen LogP contribution >= 0.6 is 15.9 Å². The summed E-state index contributed by atoms with van der Waals surface area (Å²) in [4.78, 5) is 11.7. The Hall–Kier alpha value is -0.810. The minimum absolute atomic E-state index is 0.123. The first-order valence-electron chi connectivity index (χ1n) is 4.60. The van der Waals surface area contributed by atoms with Crippen LogP contribution in [0.1, 0.15) is 16.1 Å². The van der Waals surface area contributed by atoms with E-state index in [9.17, 15) is 4.79 Å². The number of carbonyl (C=O) groups excluding carboxylic acids is 1. The van der Waals surface area contributed by atoms with Crippen LogP contribution in [0.4, 0.5) is 0 Å². The quantitative estimate of drug-likeness (QED) is 0.833. The molecular weight excluding hydrogens is 262 g/mol. The zero-order chi connectivity index (χ0) is 11.3. The van der Waals surface area contributed by atoms with E-state index in [1.165, 1.54) is 6.26 Å². The number of hydrogen-bond donors (Lipinski definition) is 1. The van der Waals surface area contributed by atoms with Crippen molar-refractivity contribution in [2.75, 3.05) is 20.3 Å². The number of carbonyl (C=O) groups is 1. The van der Waals surface area contributed by atoms with E-state index < -0.39 is 0 Å². The molecule has 1 aromatic rings. The number of nitrogens with one attached hydrogen (secondary N) is 1. The highest BCUT2D eigenvalue weighted by Gasteiger charge is 2.12. The Morgan fingerprint density at radius 3 is 3.00 bits per heavy atom. The summed E-state index contributed by atoms with van der Waals surface area (Å²) in [5, 5.41) is 2.78. The van der Waals surface area contributed by atoms with Gasteiger partial charge in [-0.1, -0.05) is 15.9 Å². The molecule has 5 heteroatoms. The number of rotatable bonds is 5. The number of ether oxygens (including phenoxy) is 1. The third kappa shape index (κ3) is 3.68. The topological polar surface area (TPSA) is 51.5 Å². The van der Waals surface area contributed by atoms with Gasteiger partial charge in [0.15, 0.2) is 0 Å². The van der Waals surface area contributed by atoms with Gasteiger partial charge in [-0.15, -0.1) is 0 Å². The van der Waals surface area contributed by atoms with E-state index in [-0.39, 0.29) is 10.7 Å². The number of halogens is 1. The van der Waals surface area contributed by atoms with Gasteiger partial charge in [0.25, 0.3) is 5.91 Å². The molecule has 0 saturated heterocycles. The average molecular weight is 276 g/mol. The Labute approximate surface area is 97.1 Å². The summed E-state index contributed by atoms with van der Waals surface area (Å²) in [5.74, 6) is 0.507. The van der Waals surface area contributed by atoms with Crippen molar-refractivity contribution in [3.05, 3.63) is 23.7 Å². The Bertz CT molecular complexity index is 324. The molecule has 0 fully saturated rings. The van der Waals surface area contributed by atoms with Crippen LogP contribution in [0.2, 0.25) is 0 Å². The second kappa shape index (κ2) is 5.92. The lowest BCUT2D eigenvalue weighted by Crippen LogP contribution is -2.31. The first-order valence-corrected chi connectivity index (χ1v) is 5.52. The number of amides is 1. The number of aryl methyl sites for hydroxylation is 1. The summed E-state index contributed by atoms with van der Waals surface area (Å²) in [6.45, 7) is 2.84. The van der Waals surface area contributed by atoms with Gasteiger partial charge in [-0.05, 0) is 13.0 Å². The van der Waals surface area contributed by atoms with E-state index in [1.807, 2.05) is 0 Å². The largest absolute Gasteiger partial charge is 0.469 e. The summed E-state index contributed by atoms with van der Waals surface area (Å²) >= 11 is 3.39. The molecule has 4 nitrogen and oxygen atoms in total. The van der Waals surface area contributed by atoms with Crippen LogP contribution in [0, 0.1) is 6.92 Å². The summed E-state index contributed by atoms with van der Waals surface area (Å²) in [5.41, 5.74) is 0.576. The van der Waals surface area contributed by atoms with Gasteiger partial charge in [0, 0.05) is 13.7 Å². The first kappa shape index (κ1) is 12.3. The normalized spacial score (nSPS) is 12.5. The van der Waals surface area contributed by atoms with E-state index in [4.69, 9.17) is 9.15 Å². The lowest BCUT2D eigenvalue weighted by molar-refractivity contribution is 0.0948. The molecule has 84 valence electrons. The van der Waals surface area contributed by atoms with E-state index in [0.29, 0.717) is 24.5 Å². The lowest BCUT2D eigenvalue weighted by atomic mass is 10.2. The Morgan fingerprint density at radius 1 is 1.73 bits per heavy atom. The van der Waals surface area contributed by atoms with Crippen LogP contribution in [-0.2, 0) is 4.74 Å². The van der Waals surface area contributed by atoms with Crippen LogP contribution in [0.5, 0.6) is 0 Å². The third-order valence-corrected chi connectivity index (χ3v) is 2.52. The van der Waals surface area contributed by atoms with Crippen molar-refractivity contribution in [1.29, 1.82) is 0 Å². The van der Waals surface area contributed by atoms with Crippen LogP contribution in [0.25, 0.3) is 0 Å². The van der Waals surface area contributed by atoms with Gasteiger partial charge in [-0.2, -0.15) is 0 Å². The van der Waals surface area contributed by atoms with Gasteiger partial charge >= 0.3 is 0 Å². The molecule has 0 aliphatic rings. The van der Waals surface area contributed by atoms with Gasteiger partial charge in [-0.3, -0.25) is 4.79 Å². The van der Waals surface area contributed by atoms with Gasteiger partial charge < -0.3 is 14.5 Å². The second-order valence-corrected chi connectivity index (χ2v) is 4.45. The lowest BCUT2D eigenvalue weighted by Gasteiger charge is -2.09. The zero-order valence-electron chi connectivity index (χ0n) is 8.75. The van der Waals surface area contributed by atoms with Gasteiger partial charge in [0.05, 0.1) is 23.3 Å². The minimum Gasteiger partial charge on any atom is -0.469 e. The molecule has 1 heterocycles. The number of methoxy groups -OCH3 is 1. The van der Waals surface area contributed by atoms with E-state index in [2.05, 4.69) is 21.2 Å². The minimum atomic E-state index is -0.123. The van der Waals surface area contributed by atoms with Crippen LogP contribution in [-0.4, -0.2) is 31.0 Å². The van der Waals surface area contributed by atoms with Crippen molar-refractivity contribution in [1.82, 2.24) is 5.32 Å². The van der Waals surface area contributed by atoms with Crippen LogP contribution in [0.15, 0.2) is 16.7 Å². The van der Waals surface area contributed by atoms with Crippen molar-refractivity contribution in [3.8, 4) is 0 Å². The highest BCUT2D eigenvalue weighted by Crippen LogP contribution is 2.08. The summed E-state index contributed by atoms with van der Waals surface area (Å²) in [6, 6.07) is 1.66. The Morgan fingerprint density at radius 2 is 2.47 bits per heavy atom. The van der Waals surface area contributed by atoms with Crippen molar-refractivity contribution < 1.29 is 13.9 Å². The molecule has 15 heavy (non-hydrogen) atoms. The highest BCUT2D eigenvalue weighted by molar-refractivity contribution is 9.09. The van der Waals surface area contributed by atoms with Crippen molar-refractivity contribution in [3.63, 3.8) is 0 Å². The molecule has 0 saturated carbocycles. The van der Waals surface area contributed by atoms with E-state index >= 15 is 0 Å². The molecule has 0 aliphatic carbocycles. The fourth-order valence-electron chi connectivity index (χ4n) is 1.16. The van der Waals surface area contributed by atoms with Crippen LogP contribution in [0.3, 0.4) is 0 Å². The molecule has 0 bridgehead atoms. The average Bonchev–Trinajstić information content (AvgIpc) is 2.61. The molecule has 1 atom stereocenters. The summed E-state index contributed by atoms with van der Waals surface area (Å²) < 4.78 is 9.98. The molecule has 1 rings (SSSR count). The molecule has 0 spiro atoms. The maximum atomic E-state index is 11.6. The van der Waals surface area contributed by atoms with Gasteiger partial charge in [0.1, 0.15) is 5.76 Å². The van der Waals surface area contributed by atoms with Crippen molar-refractivity contribution in [2.24, 2.45) is 0 Å². The standard InChI is InChI=1S/C10H14BrNO3/c1-7-9(3-4-15-7)10(13)12-5-8(11)6-14-2/h3-4,8H,5-6H2,1-2H3,(H,12,13). The smallest absolute Gasteiger partial charge is 0.254 e. The molecule has 0 aromatic carbocycles. The number of alkyl halides is 1. The summed E-state index contributed by atoms with van der Waals surface area (Å²) in [7, 11) is 1.62. The predicted molar refractivity (Wildman–Crippen MR) is 60.4 cm³/mol. The van der Waals surface area contributed by atoms with E-state index in [1.54, 1.807) is 20.1 Å². The summed E-state index contributed by atoms with van der Waals surface area (Å²) in [6.07, 6.45) is 1.50. The zero-order valence-corrected chi connectivity index (χ0v) is 10.3. The maximum Gasteiger partial charge on any atom is 0.254 e. The van der Waals surface area contributed by atoms with Crippen molar-refractivity contribution >= 4 is 21.8 Å². The molecule has 1 amide bonds. The molecule has 1 N–H and O–H groups in total. The monoisotopic (exact) mass is 275 g/mol. The van der Waals surface area contributed by atoms with Gasteiger partial charge in [0.2, 0.25) is 0 Å². The Kier molecular flexibility index (Phi) is 4.84. The molecule has 0 radical (unpaired) electrons. The number of hydrogen-bond acceptors (Lipinski definition) is 3. The Balaban J connectivity index is 2.40. The molecule has 1 aromatic heterocycles. The first-order chi connectivity index (χ1) is 7.15. The van der Waals surface area contributed by atoms with Crippen molar-refractivity contribution in [2.45, 2.75) is 11.8 Å². The van der Waals surface area contributed by atoms with E-state index in [0.717, 1.165) is 0 Å². The maximum absolute atomic E-state index is 11.6. The highest BCUT2D eigenvalue weighted by atomic mass is 79.9. The molecular formula is C10H14BrNO3. The van der Waals surface area contributed by atoms with Gasteiger partial charge in [-0.25, -0.2) is 0 Å². The SMILES string of the molecule is COCC(Br)CNC(=O)c1ccoc1C. The number of furan rings is 1.